The summed E-state index contributed by atoms with van der Waals surface area (Å²) >= 11 is 0. The second kappa shape index (κ2) is 5.35. The maximum absolute atomic E-state index is 11.7. The van der Waals surface area contributed by atoms with E-state index in [-0.39, 0.29) is 5.91 Å². The molecule has 2 aliphatic carbocycles. The van der Waals surface area contributed by atoms with Gasteiger partial charge < -0.3 is 16.4 Å². The largest absolute Gasteiger partial charge is 0.397 e. The molecule has 1 amide bonds. The van der Waals surface area contributed by atoms with E-state index >= 15 is 0 Å². The third-order valence-corrected chi connectivity index (χ3v) is 4.98. The molecule has 108 valence electrons. The smallest absolute Gasteiger partial charge is 0.251 e. The third kappa shape index (κ3) is 2.47. The highest BCUT2D eigenvalue weighted by Gasteiger charge is 2.39. The molecule has 0 saturated heterocycles. The first kappa shape index (κ1) is 13.3. The quantitative estimate of drug-likeness (QED) is 0.738. The summed E-state index contributed by atoms with van der Waals surface area (Å²) in [5, 5.41) is 6.09. The average molecular weight is 273 g/mol. The molecule has 4 N–H and O–H groups in total. The summed E-state index contributed by atoms with van der Waals surface area (Å²) in [6.07, 6.45) is 5.59. The fourth-order valence-electron chi connectivity index (χ4n) is 3.86. The van der Waals surface area contributed by atoms with Crippen molar-refractivity contribution in [3.63, 3.8) is 0 Å². The monoisotopic (exact) mass is 273 g/mol. The Labute approximate surface area is 120 Å². The molecular weight excluding hydrogens is 250 g/mol. The van der Waals surface area contributed by atoms with Gasteiger partial charge in [-0.05, 0) is 55.2 Å². The molecule has 0 aliphatic heterocycles. The highest BCUT2D eigenvalue weighted by atomic mass is 16.1. The van der Waals surface area contributed by atoms with E-state index in [4.69, 9.17) is 5.73 Å². The zero-order valence-corrected chi connectivity index (χ0v) is 12.0. The number of nitrogen functional groups attached to an aromatic ring is 1. The summed E-state index contributed by atoms with van der Waals surface area (Å²) in [7, 11) is 1.64. The van der Waals surface area contributed by atoms with Crippen LogP contribution in [0.25, 0.3) is 0 Å². The first-order valence-corrected chi connectivity index (χ1v) is 7.53. The lowest BCUT2D eigenvalue weighted by Gasteiger charge is -2.23. The normalized spacial score (nSPS) is 27.6. The van der Waals surface area contributed by atoms with Crippen LogP contribution in [0.2, 0.25) is 0 Å². The number of carbonyl (C=O) groups excluding carboxylic acids is 1. The molecule has 2 aliphatic rings. The highest BCUT2D eigenvalue weighted by Crippen LogP contribution is 2.48. The van der Waals surface area contributed by atoms with E-state index in [1.54, 1.807) is 19.2 Å². The average Bonchev–Trinajstić information content (AvgIpc) is 3.08. The molecule has 0 heterocycles. The predicted octanol–water partition coefficient (Wildman–Crippen LogP) is 2.48. The summed E-state index contributed by atoms with van der Waals surface area (Å²) in [6.45, 7) is 0.975. The van der Waals surface area contributed by atoms with Gasteiger partial charge in [0.2, 0.25) is 0 Å². The van der Waals surface area contributed by atoms with Crippen molar-refractivity contribution >= 4 is 17.3 Å². The molecule has 4 heteroatoms. The first-order valence-electron chi connectivity index (χ1n) is 7.53. The van der Waals surface area contributed by atoms with Crippen LogP contribution in [-0.2, 0) is 0 Å². The Morgan fingerprint density at radius 1 is 1.35 bits per heavy atom. The predicted molar refractivity (Wildman–Crippen MR) is 81.7 cm³/mol. The van der Waals surface area contributed by atoms with Crippen molar-refractivity contribution in [2.45, 2.75) is 25.7 Å². The highest BCUT2D eigenvalue weighted by molar-refractivity contribution is 5.96. The Balaban J connectivity index is 1.66. The van der Waals surface area contributed by atoms with Crippen molar-refractivity contribution in [3.05, 3.63) is 23.8 Å². The van der Waals surface area contributed by atoms with Gasteiger partial charge in [-0.25, -0.2) is 0 Å². The van der Waals surface area contributed by atoms with Crippen LogP contribution >= 0.6 is 0 Å². The number of fused-ring (bicyclic) bond motifs is 2. The number of carbonyl (C=O) groups is 1. The van der Waals surface area contributed by atoms with Gasteiger partial charge in [-0.3, -0.25) is 4.79 Å². The van der Waals surface area contributed by atoms with Crippen molar-refractivity contribution in [3.8, 4) is 0 Å². The molecule has 2 fully saturated rings. The number of rotatable bonds is 4. The van der Waals surface area contributed by atoms with E-state index < -0.39 is 0 Å². The molecule has 20 heavy (non-hydrogen) atoms. The number of hydrogen-bond donors (Lipinski definition) is 3. The Bertz CT molecular complexity index is 514. The van der Waals surface area contributed by atoms with Gasteiger partial charge >= 0.3 is 0 Å². The maximum atomic E-state index is 11.7. The van der Waals surface area contributed by atoms with Crippen LogP contribution in [0.3, 0.4) is 0 Å². The van der Waals surface area contributed by atoms with Crippen molar-refractivity contribution in [2.75, 3.05) is 24.6 Å². The Morgan fingerprint density at radius 3 is 2.85 bits per heavy atom. The molecule has 4 nitrogen and oxygen atoms in total. The first-order chi connectivity index (χ1) is 9.67. The minimum atomic E-state index is -0.0760. The standard InChI is InChI=1S/C16H23N3O/c1-18-16(20)12-4-5-14(17)15(8-12)19-9-13-7-10-2-3-11(13)6-10/h4-5,8,10-11,13,19H,2-3,6-7,9,17H2,1H3,(H,18,20). The third-order valence-electron chi connectivity index (χ3n) is 4.98. The second-order valence-corrected chi connectivity index (χ2v) is 6.20. The van der Waals surface area contributed by atoms with Gasteiger partial charge in [-0.1, -0.05) is 6.42 Å². The topological polar surface area (TPSA) is 67.2 Å². The summed E-state index contributed by atoms with van der Waals surface area (Å²) in [6, 6.07) is 5.41. The van der Waals surface area contributed by atoms with E-state index in [2.05, 4.69) is 10.6 Å². The molecular formula is C16H23N3O. The minimum Gasteiger partial charge on any atom is -0.397 e. The summed E-state index contributed by atoms with van der Waals surface area (Å²) in [5.74, 6) is 2.56. The second-order valence-electron chi connectivity index (χ2n) is 6.20. The molecule has 0 aromatic heterocycles. The van der Waals surface area contributed by atoms with Crippen LogP contribution in [0.4, 0.5) is 11.4 Å². The van der Waals surface area contributed by atoms with Crippen LogP contribution in [0, 0.1) is 17.8 Å². The number of anilines is 2. The molecule has 0 radical (unpaired) electrons. The molecule has 1 aromatic rings. The molecule has 3 atom stereocenters. The van der Waals surface area contributed by atoms with Gasteiger partial charge in [0.05, 0.1) is 11.4 Å². The fourth-order valence-corrected chi connectivity index (χ4v) is 3.86. The fraction of sp³-hybridized carbons (Fsp3) is 0.562. The van der Waals surface area contributed by atoms with Crippen LogP contribution in [0.15, 0.2) is 18.2 Å². The Hall–Kier alpha value is -1.71. The summed E-state index contributed by atoms with van der Waals surface area (Å²) in [4.78, 5) is 11.7. The summed E-state index contributed by atoms with van der Waals surface area (Å²) < 4.78 is 0. The van der Waals surface area contributed by atoms with Crippen LogP contribution in [0.5, 0.6) is 0 Å². The van der Waals surface area contributed by atoms with Crippen molar-refractivity contribution < 1.29 is 4.79 Å². The molecule has 2 bridgehead atoms. The van der Waals surface area contributed by atoms with Crippen LogP contribution in [-0.4, -0.2) is 19.5 Å². The van der Waals surface area contributed by atoms with Crippen molar-refractivity contribution in [1.82, 2.24) is 5.32 Å². The van der Waals surface area contributed by atoms with Gasteiger partial charge in [0.25, 0.3) is 5.91 Å². The Kier molecular flexibility index (Phi) is 3.55. The number of benzene rings is 1. The Morgan fingerprint density at radius 2 is 2.20 bits per heavy atom. The van der Waals surface area contributed by atoms with Crippen molar-refractivity contribution in [2.24, 2.45) is 17.8 Å². The van der Waals surface area contributed by atoms with Crippen LogP contribution < -0.4 is 16.4 Å². The lowest BCUT2D eigenvalue weighted by Crippen LogP contribution is -2.21. The van der Waals surface area contributed by atoms with Gasteiger partial charge in [0.15, 0.2) is 0 Å². The molecule has 3 rings (SSSR count). The lowest BCUT2D eigenvalue weighted by molar-refractivity contribution is 0.0963. The number of nitrogens with one attached hydrogen (secondary N) is 2. The maximum Gasteiger partial charge on any atom is 0.251 e. The zero-order chi connectivity index (χ0) is 14.1. The molecule has 2 saturated carbocycles. The summed E-state index contributed by atoms with van der Waals surface area (Å²) in [5.41, 5.74) is 8.24. The van der Waals surface area contributed by atoms with Gasteiger partial charge in [-0.2, -0.15) is 0 Å². The van der Waals surface area contributed by atoms with E-state index in [1.165, 1.54) is 25.7 Å². The van der Waals surface area contributed by atoms with Crippen molar-refractivity contribution in [1.29, 1.82) is 0 Å². The number of nitrogens with two attached hydrogens (primary N) is 1. The molecule has 0 spiro atoms. The van der Waals surface area contributed by atoms with E-state index in [1.807, 2.05) is 6.07 Å². The van der Waals surface area contributed by atoms with Crippen LogP contribution in [0.1, 0.15) is 36.0 Å². The van der Waals surface area contributed by atoms with E-state index in [0.717, 1.165) is 30.0 Å². The number of amides is 1. The zero-order valence-electron chi connectivity index (χ0n) is 12.0. The number of hydrogen-bond acceptors (Lipinski definition) is 3. The lowest BCUT2D eigenvalue weighted by atomic mass is 9.89. The van der Waals surface area contributed by atoms with E-state index in [9.17, 15) is 4.79 Å². The molecule has 3 unspecified atom stereocenters. The SMILES string of the molecule is CNC(=O)c1ccc(N)c(NCC2CC3CCC2C3)c1. The molecule has 1 aromatic carbocycles. The van der Waals surface area contributed by atoms with Gasteiger partial charge in [-0.15, -0.1) is 0 Å². The minimum absolute atomic E-state index is 0.0760. The van der Waals surface area contributed by atoms with Gasteiger partial charge in [0.1, 0.15) is 0 Å². The van der Waals surface area contributed by atoms with E-state index in [0.29, 0.717) is 11.3 Å². The van der Waals surface area contributed by atoms with Gasteiger partial charge in [0, 0.05) is 19.2 Å².